The van der Waals surface area contributed by atoms with Crippen LogP contribution in [-0.2, 0) is 9.59 Å². The van der Waals surface area contributed by atoms with Crippen molar-refractivity contribution in [2.45, 2.75) is 38.3 Å². The molecular formula is C16H24ClN3O2. The number of hydrogen-bond acceptors (Lipinski definition) is 3. The first-order valence-corrected chi connectivity index (χ1v) is 7.47. The molecule has 3 N–H and O–H groups in total. The van der Waals surface area contributed by atoms with E-state index in [1.54, 1.807) is 0 Å². The fourth-order valence-electron chi connectivity index (χ4n) is 2.61. The Bertz CT molecular complexity index is 476. The van der Waals surface area contributed by atoms with Crippen molar-refractivity contribution in [3.63, 3.8) is 0 Å². The topological polar surface area (TPSA) is 70.2 Å². The molecule has 0 bridgehead atoms. The average Bonchev–Trinajstić information content (AvgIpc) is 2.98. The fraction of sp³-hybridized carbons (Fsp3) is 0.500. The normalized spacial score (nSPS) is 18.1. The van der Waals surface area contributed by atoms with E-state index in [1.807, 2.05) is 30.3 Å². The van der Waals surface area contributed by atoms with Gasteiger partial charge >= 0.3 is 0 Å². The van der Waals surface area contributed by atoms with Gasteiger partial charge in [-0.2, -0.15) is 0 Å². The minimum Gasteiger partial charge on any atom is -0.354 e. The van der Waals surface area contributed by atoms with E-state index < -0.39 is 0 Å². The largest absolute Gasteiger partial charge is 0.354 e. The van der Waals surface area contributed by atoms with Gasteiger partial charge in [0.1, 0.15) is 0 Å². The predicted octanol–water partition coefficient (Wildman–Crippen LogP) is 1.54. The van der Waals surface area contributed by atoms with Gasteiger partial charge in [-0.15, -0.1) is 12.4 Å². The third-order valence-corrected chi connectivity index (χ3v) is 3.68. The lowest BCUT2D eigenvalue weighted by atomic mass is 10.0. The standard InChI is InChI=1S/C16H23N3O2.ClH/c1-12(20)19-15(13-6-3-2-4-7-13)10-16(21)18-11-14-8-5-9-17-14;/h2-4,6-7,14-15,17H,5,8-11H2,1H3,(H,18,21)(H,19,20);1H. The summed E-state index contributed by atoms with van der Waals surface area (Å²) in [6.45, 7) is 3.15. The second-order valence-electron chi connectivity index (χ2n) is 5.47. The van der Waals surface area contributed by atoms with Crippen LogP contribution in [-0.4, -0.2) is 30.9 Å². The third-order valence-electron chi connectivity index (χ3n) is 3.68. The SMILES string of the molecule is CC(=O)NC(CC(=O)NCC1CCCN1)c1ccccc1.Cl. The quantitative estimate of drug-likeness (QED) is 0.743. The number of benzene rings is 1. The van der Waals surface area contributed by atoms with Gasteiger partial charge in [-0.1, -0.05) is 30.3 Å². The van der Waals surface area contributed by atoms with Crippen LogP contribution in [0, 0.1) is 0 Å². The summed E-state index contributed by atoms with van der Waals surface area (Å²) >= 11 is 0. The van der Waals surface area contributed by atoms with Crippen LogP contribution >= 0.6 is 12.4 Å². The molecule has 1 fully saturated rings. The summed E-state index contributed by atoms with van der Waals surface area (Å²) in [5.41, 5.74) is 0.946. The van der Waals surface area contributed by atoms with Crippen molar-refractivity contribution in [1.82, 2.24) is 16.0 Å². The maximum absolute atomic E-state index is 12.1. The van der Waals surface area contributed by atoms with Gasteiger partial charge in [0, 0.05) is 19.5 Å². The van der Waals surface area contributed by atoms with Crippen LogP contribution in [0.15, 0.2) is 30.3 Å². The van der Waals surface area contributed by atoms with E-state index in [0.29, 0.717) is 12.6 Å². The molecule has 1 aromatic rings. The van der Waals surface area contributed by atoms with Crippen LogP contribution < -0.4 is 16.0 Å². The van der Waals surface area contributed by atoms with Gasteiger partial charge in [0.25, 0.3) is 0 Å². The van der Waals surface area contributed by atoms with E-state index in [2.05, 4.69) is 16.0 Å². The third kappa shape index (κ3) is 6.03. The van der Waals surface area contributed by atoms with E-state index in [9.17, 15) is 9.59 Å². The van der Waals surface area contributed by atoms with Crippen molar-refractivity contribution in [2.24, 2.45) is 0 Å². The summed E-state index contributed by atoms with van der Waals surface area (Å²) in [6.07, 6.45) is 2.53. The number of rotatable bonds is 6. The number of amides is 2. The second kappa shape index (κ2) is 9.43. The Balaban J connectivity index is 0.00000242. The second-order valence-corrected chi connectivity index (χ2v) is 5.47. The lowest BCUT2D eigenvalue weighted by Gasteiger charge is -2.19. The van der Waals surface area contributed by atoms with Crippen LogP contribution in [0.1, 0.15) is 37.8 Å². The Morgan fingerprint density at radius 2 is 2.05 bits per heavy atom. The predicted molar refractivity (Wildman–Crippen MR) is 88.9 cm³/mol. The molecule has 1 saturated heterocycles. The van der Waals surface area contributed by atoms with Crippen molar-refractivity contribution in [2.75, 3.05) is 13.1 Å². The molecule has 122 valence electrons. The van der Waals surface area contributed by atoms with Crippen molar-refractivity contribution in [3.8, 4) is 0 Å². The molecule has 0 radical (unpaired) electrons. The molecule has 0 spiro atoms. The maximum atomic E-state index is 12.1. The van der Waals surface area contributed by atoms with Gasteiger partial charge in [-0.25, -0.2) is 0 Å². The maximum Gasteiger partial charge on any atom is 0.222 e. The van der Waals surface area contributed by atoms with E-state index >= 15 is 0 Å². The first-order chi connectivity index (χ1) is 10.1. The summed E-state index contributed by atoms with van der Waals surface area (Å²) in [5, 5.41) is 9.13. The van der Waals surface area contributed by atoms with E-state index in [0.717, 1.165) is 18.5 Å². The number of halogens is 1. The van der Waals surface area contributed by atoms with Gasteiger partial charge in [-0.05, 0) is 24.9 Å². The lowest BCUT2D eigenvalue weighted by Crippen LogP contribution is -2.39. The fourth-order valence-corrected chi connectivity index (χ4v) is 2.61. The molecular weight excluding hydrogens is 302 g/mol. The van der Waals surface area contributed by atoms with Crippen LogP contribution in [0.25, 0.3) is 0 Å². The molecule has 0 saturated carbocycles. The molecule has 5 nitrogen and oxygen atoms in total. The first-order valence-electron chi connectivity index (χ1n) is 7.47. The first kappa shape index (κ1) is 18.5. The molecule has 2 rings (SSSR count). The molecule has 2 atom stereocenters. The zero-order valence-electron chi connectivity index (χ0n) is 12.8. The average molecular weight is 326 g/mol. The molecule has 0 aliphatic carbocycles. The van der Waals surface area contributed by atoms with Crippen LogP contribution in [0.4, 0.5) is 0 Å². The number of nitrogens with one attached hydrogen (secondary N) is 3. The Hall–Kier alpha value is -1.59. The number of hydrogen-bond donors (Lipinski definition) is 3. The minimum atomic E-state index is -0.278. The lowest BCUT2D eigenvalue weighted by molar-refractivity contribution is -0.122. The zero-order chi connectivity index (χ0) is 15.1. The van der Waals surface area contributed by atoms with Crippen molar-refractivity contribution < 1.29 is 9.59 Å². The van der Waals surface area contributed by atoms with E-state index in [1.165, 1.54) is 13.3 Å². The summed E-state index contributed by atoms with van der Waals surface area (Å²) in [6, 6.07) is 9.68. The van der Waals surface area contributed by atoms with Gasteiger partial charge < -0.3 is 16.0 Å². The molecule has 2 unspecified atom stereocenters. The highest BCUT2D eigenvalue weighted by atomic mass is 35.5. The van der Waals surface area contributed by atoms with Crippen molar-refractivity contribution >= 4 is 24.2 Å². The molecule has 1 aliphatic heterocycles. The Labute approximate surface area is 137 Å². The van der Waals surface area contributed by atoms with Crippen molar-refractivity contribution in [1.29, 1.82) is 0 Å². The molecule has 0 aromatic heterocycles. The van der Waals surface area contributed by atoms with Crippen LogP contribution in [0.3, 0.4) is 0 Å². The highest BCUT2D eigenvalue weighted by Crippen LogP contribution is 2.16. The molecule has 1 aromatic carbocycles. The number of carbonyl (C=O) groups is 2. The highest BCUT2D eigenvalue weighted by molar-refractivity contribution is 5.85. The summed E-state index contributed by atoms with van der Waals surface area (Å²) < 4.78 is 0. The Morgan fingerprint density at radius 1 is 1.32 bits per heavy atom. The minimum absolute atomic E-state index is 0. The zero-order valence-corrected chi connectivity index (χ0v) is 13.6. The van der Waals surface area contributed by atoms with E-state index in [-0.39, 0.29) is 36.7 Å². The molecule has 6 heteroatoms. The smallest absolute Gasteiger partial charge is 0.222 e. The van der Waals surface area contributed by atoms with Gasteiger partial charge in [0.2, 0.25) is 11.8 Å². The molecule has 2 amide bonds. The van der Waals surface area contributed by atoms with Crippen molar-refractivity contribution in [3.05, 3.63) is 35.9 Å². The van der Waals surface area contributed by atoms with Gasteiger partial charge in [0.05, 0.1) is 12.5 Å². The summed E-state index contributed by atoms with van der Waals surface area (Å²) in [4.78, 5) is 23.4. The van der Waals surface area contributed by atoms with Gasteiger partial charge in [0.15, 0.2) is 0 Å². The molecule has 1 heterocycles. The molecule has 1 aliphatic rings. The van der Waals surface area contributed by atoms with Crippen LogP contribution in [0.2, 0.25) is 0 Å². The summed E-state index contributed by atoms with van der Waals surface area (Å²) in [5.74, 6) is -0.166. The van der Waals surface area contributed by atoms with Gasteiger partial charge in [-0.3, -0.25) is 9.59 Å². The Kier molecular flexibility index (Phi) is 7.91. The molecule has 22 heavy (non-hydrogen) atoms. The Morgan fingerprint density at radius 3 is 2.64 bits per heavy atom. The van der Waals surface area contributed by atoms with E-state index in [4.69, 9.17) is 0 Å². The highest BCUT2D eigenvalue weighted by Gasteiger charge is 2.19. The monoisotopic (exact) mass is 325 g/mol. The number of carbonyl (C=O) groups excluding carboxylic acids is 2. The summed E-state index contributed by atoms with van der Waals surface area (Å²) in [7, 11) is 0. The van der Waals surface area contributed by atoms with Crippen LogP contribution in [0.5, 0.6) is 0 Å².